The van der Waals surface area contributed by atoms with Crippen LogP contribution in [0.2, 0.25) is 0 Å². The normalized spacial score (nSPS) is 10.9. The van der Waals surface area contributed by atoms with Gasteiger partial charge in [-0.05, 0) is 18.1 Å². The van der Waals surface area contributed by atoms with Crippen LogP contribution in [-0.2, 0) is 0 Å². The SMILES string of the molecule is CC(C)c1coc(-c2ccccc2O)n1. The summed E-state index contributed by atoms with van der Waals surface area (Å²) in [6.45, 7) is 4.10. The average molecular weight is 203 g/mol. The van der Waals surface area contributed by atoms with Crippen molar-refractivity contribution in [1.29, 1.82) is 0 Å². The second-order valence-corrected chi connectivity index (χ2v) is 3.75. The molecule has 0 bridgehead atoms. The van der Waals surface area contributed by atoms with Crippen molar-refractivity contribution in [3.05, 3.63) is 36.2 Å². The molecule has 3 heteroatoms. The Balaban J connectivity index is 2.42. The molecule has 0 fully saturated rings. The Morgan fingerprint density at radius 1 is 1.27 bits per heavy atom. The van der Waals surface area contributed by atoms with Gasteiger partial charge in [0.2, 0.25) is 5.89 Å². The average Bonchev–Trinajstić information content (AvgIpc) is 2.67. The minimum Gasteiger partial charge on any atom is -0.507 e. The van der Waals surface area contributed by atoms with E-state index in [9.17, 15) is 5.11 Å². The molecule has 15 heavy (non-hydrogen) atoms. The molecule has 78 valence electrons. The topological polar surface area (TPSA) is 46.3 Å². The molecule has 0 atom stereocenters. The number of phenolic OH excluding ortho intramolecular Hbond substituents is 1. The maximum absolute atomic E-state index is 9.61. The van der Waals surface area contributed by atoms with Gasteiger partial charge in [-0.2, -0.15) is 0 Å². The molecule has 0 amide bonds. The van der Waals surface area contributed by atoms with Crippen LogP contribution in [0.25, 0.3) is 11.5 Å². The fourth-order valence-corrected chi connectivity index (χ4v) is 1.33. The number of aromatic nitrogens is 1. The van der Waals surface area contributed by atoms with E-state index < -0.39 is 0 Å². The maximum Gasteiger partial charge on any atom is 0.229 e. The Morgan fingerprint density at radius 2 is 2.00 bits per heavy atom. The first-order valence-corrected chi connectivity index (χ1v) is 4.92. The molecule has 0 aliphatic heterocycles. The lowest BCUT2D eigenvalue weighted by Gasteiger charge is -1.98. The minimum absolute atomic E-state index is 0.189. The first-order chi connectivity index (χ1) is 7.18. The molecule has 1 heterocycles. The molecular formula is C12H13NO2. The third-order valence-corrected chi connectivity index (χ3v) is 2.25. The van der Waals surface area contributed by atoms with E-state index in [1.54, 1.807) is 24.5 Å². The highest BCUT2D eigenvalue weighted by Gasteiger charge is 2.11. The van der Waals surface area contributed by atoms with Crippen molar-refractivity contribution in [3.8, 4) is 17.2 Å². The second kappa shape index (κ2) is 3.77. The Labute approximate surface area is 88.4 Å². The number of benzene rings is 1. The van der Waals surface area contributed by atoms with E-state index in [1.165, 1.54) is 0 Å². The van der Waals surface area contributed by atoms with Gasteiger partial charge in [-0.25, -0.2) is 4.98 Å². The van der Waals surface area contributed by atoms with Crippen molar-refractivity contribution in [1.82, 2.24) is 4.98 Å². The first kappa shape index (κ1) is 9.77. The van der Waals surface area contributed by atoms with Crippen molar-refractivity contribution in [2.75, 3.05) is 0 Å². The first-order valence-electron chi connectivity index (χ1n) is 4.92. The zero-order valence-corrected chi connectivity index (χ0v) is 8.77. The standard InChI is InChI=1S/C12H13NO2/c1-8(2)10-7-15-12(13-10)9-5-3-4-6-11(9)14/h3-8,14H,1-2H3. The van der Waals surface area contributed by atoms with E-state index in [0.29, 0.717) is 17.4 Å². The van der Waals surface area contributed by atoms with Crippen LogP contribution in [0.1, 0.15) is 25.5 Å². The van der Waals surface area contributed by atoms with Crippen LogP contribution in [0.5, 0.6) is 5.75 Å². The number of oxazole rings is 1. The number of rotatable bonds is 2. The van der Waals surface area contributed by atoms with E-state index in [4.69, 9.17) is 4.42 Å². The van der Waals surface area contributed by atoms with Crippen LogP contribution in [-0.4, -0.2) is 10.1 Å². The highest BCUT2D eigenvalue weighted by Crippen LogP contribution is 2.28. The predicted molar refractivity (Wildman–Crippen MR) is 57.7 cm³/mol. The molecule has 0 aliphatic carbocycles. The van der Waals surface area contributed by atoms with Crippen LogP contribution >= 0.6 is 0 Å². The molecular weight excluding hydrogens is 190 g/mol. The van der Waals surface area contributed by atoms with E-state index >= 15 is 0 Å². The molecule has 0 saturated carbocycles. The lowest BCUT2D eigenvalue weighted by Crippen LogP contribution is -1.86. The van der Waals surface area contributed by atoms with Crippen LogP contribution < -0.4 is 0 Å². The quantitative estimate of drug-likeness (QED) is 0.815. The van der Waals surface area contributed by atoms with Crippen molar-refractivity contribution in [2.45, 2.75) is 19.8 Å². The van der Waals surface area contributed by atoms with Gasteiger partial charge in [0.25, 0.3) is 0 Å². The second-order valence-electron chi connectivity index (χ2n) is 3.75. The zero-order valence-electron chi connectivity index (χ0n) is 8.77. The van der Waals surface area contributed by atoms with Crippen molar-refractivity contribution in [2.24, 2.45) is 0 Å². The van der Waals surface area contributed by atoms with Gasteiger partial charge in [-0.3, -0.25) is 0 Å². The van der Waals surface area contributed by atoms with Gasteiger partial charge >= 0.3 is 0 Å². The van der Waals surface area contributed by atoms with Gasteiger partial charge in [0.1, 0.15) is 12.0 Å². The van der Waals surface area contributed by atoms with Crippen molar-refractivity contribution >= 4 is 0 Å². The molecule has 3 nitrogen and oxygen atoms in total. The van der Waals surface area contributed by atoms with Gasteiger partial charge in [-0.15, -0.1) is 0 Å². The summed E-state index contributed by atoms with van der Waals surface area (Å²) in [4.78, 5) is 4.31. The molecule has 0 spiro atoms. The highest BCUT2D eigenvalue weighted by molar-refractivity contribution is 5.61. The fourth-order valence-electron chi connectivity index (χ4n) is 1.33. The Hall–Kier alpha value is -1.77. The summed E-state index contributed by atoms with van der Waals surface area (Å²) in [5.41, 5.74) is 1.53. The summed E-state index contributed by atoms with van der Waals surface area (Å²) in [5.74, 6) is 0.986. The van der Waals surface area contributed by atoms with Crippen LogP contribution in [0, 0.1) is 0 Å². The van der Waals surface area contributed by atoms with Gasteiger partial charge in [-0.1, -0.05) is 26.0 Å². The molecule has 1 aromatic carbocycles. The molecule has 2 rings (SSSR count). The summed E-state index contributed by atoms with van der Waals surface area (Å²) in [7, 11) is 0. The van der Waals surface area contributed by atoms with E-state index in [0.717, 1.165) is 5.69 Å². The summed E-state index contributed by atoms with van der Waals surface area (Å²) in [6.07, 6.45) is 1.63. The zero-order chi connectivity index (χ0) is 10.8. The van der Waals surface area contributed by atoms with E-state index in [-0.39, 0.29) is 5.75 Å². The number of aromatic hydroxyl groups is 1. The van der Waals surface area contributed by atoms with Gasteiger partial charge in [0.15, 0.2) is 0 Å². The minimum atomic E-state index is 0.189. The summed E-state index contributed by atoms with van der Waals surface area (Å²) >= 11 is 0. The van der Waals surface area contributed by atoms with Crippen molar-refractivity contribution < 1.29 is 9.52 Å². The van der Waals surface area contributed by atoms with Crippen molar-refractivity contribution in [3.63, 3.8) is 0 Å². The Morgan fingerprint density at radius 3 is 2.60 bits per heavy atom. The van der Waals surface area contributed by atoms with Crippen LogP contribution in [0.4, 0.5) is 0 Å². The fraction of sp³-hybridized carbons (Fsp3) is 0.250. The van der Waals surface area contributed by atoms with Crippen LogP contribution in [0.15, 0.2) is 34.9 Å². The molecule has 0 unspecified atom stereocenters. The number of hydrogen-bond donors (Lipinski definition) is 1. The maximum atomic E-state index is 9.61. The van der Waals surface area contributed by atoms with Crippen LogP contribution in [0.3, 0.4) is 0 Å². The van der Waals surface area contributed by atoms with Gasteiger partial charge in [0.05, 0.1) is 11.3 Å². The largest absolute Gasteiger partial charge is 0.507 e. The molecule has 0 saturated heterocycles. The molecule has 1 aromatic heterocycles. The van der Waals surface area contributed by atoms with E-state index in [1.807, 2.05) is 19.9 Å². The third kappa shape index (κ3) is 1.86. The third-order valence-electron chi connectivity index (χ3n) is 2.25. The van der Waals surface area contributed by atoms with E-state index in [2.05, 4.69) is 4.98 Å². The summed E-state index contributed by atoms with van der Waals surface area (Å²) < 4.78 is 5.32. The lowest BCUT2D eigenvalue weighted by molar-refractivity contribution is 0.473. The molecule has 1 N–H and O–H groups in total. The van der Waals surface area contributed by atoms with Gasteiger partial charge < -0.3 is 9.52 Å². The Bertz CT molecular complexity index is 460. The number of hydrogen-bond acceptors (Lipinski definition) is 3. The summed E-state index contributed by atoms with van der Waals surface area (Å²) in [5, 5.41) is 9.61. The number of phenols is 1. The number of nitrogens with zero attached hydrogens (tertiary/aromatic N) is 1. The molecule has 0 radical (unpaired) electrons. The smallest absolute Gasteiger partial charge is 0.229 e. The molecule has 2 aromatic rings. The monoisotopic (exact) mass is 203 g/mol. The molecule has 0 aliphatic rings. The summed E-state index contributed by atoms with van der Waals surface area (Å²) in [6, 6.07) is 7.01. The highest BCUT2D eigenvalue weighted by atomic mass is 16.3. The predicted octanol–water partition coefficient (Wildman–Crippen LogP) is 3.17. The Kier molecular flexibility index (Phi) is 2.46. The lowest BCUT2D eigenvalue weighted by atomic mass is 10.1. The number of para-hydroxylation sites is 1. The van der Waals surface area contributed by atoms with Gasteiger partial charge in [0, 0.05) is 0 Å².